The number of aromatic hydroxyl groups is 1. The molecule has 7 heteroatoms. The first-order chi connectivity index (χ1) is 10.0. The molecule has 1 fully saturated rings. The van der Waals surface area contributed by atoms with Gasteiger partial charge in [0, 0.05) is 0 Å². The van der Waals surface area contributed by atoms with Crippen LogP contribution in [0.3, 0.4) is 0 Å². The zero-order chi connectivity index (χ0) is 15.4. The summed E-state index contributed by atoms with van der Waals surface area (Å²) in [5.74, 6) is 0.175. The lowest BCUT2D eigenvalue weighted by Crippen LogP contribution is -2.59. The summed E-state index contributed by atoms with van der Waals surface area (Å²) < 4.78 is 10.6. The van der Waals surface area contributed by atoms with Crippen LogP contribution in [0.1, 0.15) is 5.56 Å². The molecule has 0 bridgehead atoms. The Balaban J connectivity index is 1.85. The Morgan fingerprint density at radius 3 is 2.29 bits per heavy atom. The van der Waals surface area contributed by atoms with Crippen LogP contribution in [-0.2, 0) is 15.9 Å². The van der Waals surface area contributed by atoms with Crippen molar-refractivity contribution in [2.75, 3.05) is 13.2 Å². The molecule has 1 saturated heterocycles. The number of hydrogen-bond donors (Lipinski definition) is 5. The van der Waals surface area contributed by atoms with E-state index in [4.69, 9.17) is 14.6 Å². The Morgan fingerprint density at radius 2 is 1.67 bits per heavy atom. The molecule has 0 amide bonds. The fourth-order valence-electron chi connectivity index (χ4n) is 2.16. The molecule has 1 heterocycles. The van der Waals surface area contributed by atoms with Crippen LogP contribution in [0.2, 0.25) is 0 Å². The van der Waals surface area contributed by atoms with Crippen molar-refractivity contribution in [3.05, 3.63) is 29.8 Å². The summed E-state index contributed by atoms with van der Waals surface area (Å²) in [7, 11) is 0. The van der Waals surface area contributed by atoms with Crippen LogP contribution in [0.4, 0.5) is 0 Å². The standard InChI is InChI=1S/C14H20O7/c15-7-10-11(17)12(18)13(19)14(21-10)20-6-5-8-1-3-9(16)4-2-8/h1-4,10-19H,5-7H2/t10-,11-,12+,13-,14+/m1/s1. The van der Waals surface area contributed by atoms with Crippen molar-refractivity contribution in [1.82, 2.24) is 0 Å². The van der Waals surface area contributed by atoms with Crippen molar-refractivity contribution in [3.8, 4) is 5.75 Å². The van der Waals surface area contributed by atoms with Crippen molar-refractivity contribution >= 4 is 0 Å². The quantitative estimate of drug-likeness (QED) is 0.461. The molecular formula is C14H20O7. The first-order valence-corrected chi connectivity index (χ1v) is 6.73. The van der Waals surface area contributed by atoms with Crippen molar-refractivity contribution in [2.24, 2.45) is 0 Å². The summed E-state index contributed by atoms with van der Waals surface area (Å²) in [6.07, 6.45) is -5.77. The number of aliphatic hydroxyl groups is 4. The lowest BCUT2D eigenvalue weighted by atomic mass is 9.99. The zero-order valence-electron chi connectivity index (χ0n) is 11.4. The average Bonchev–Trinajstić information content (AvgIpc) is 2.49. The molecular weight excluding hydrogens is 280 g/mol. The highest BCUT2D eigenvalue weighted by Crippen LogP contribution is 2.22. The minimum absolute atomic E-state index is 0.175. The number of ether oxygens (including phenoxy) is 2. The van der Waals surface area contributed by atoms with Gasteiger partial charge in [-0.15, -0.1) is 0 Å². The second-order valence-corrected chi connectivity index (χ2v) is 4.98. The van der Waals surface area contributed by atoms with E-state index >= 15 is 0 Å². The van der Waals surface area contributed by atoms with E-state index in [1.165, 1.54) is 0 Å². The first-order valence-electron chi connectivity index (χ1n) is 6.73. The maximum atomic E-state index is 9.78. The Bertz CT molecular complexity index is 433. The number of aliphatic hydroxyl groups excluding tert-OH is 4. The Hall–Kier alpha value is -1.22. The van der Waals surface area contributed by atoms with Gasteiger partial charge >= 0.3 is 0 Å². The van der Waals surface area contributed by atoms with E-state index in [1.54, 1.807) is 24.3 Å². The van der Waals surface area contributed by atoms with E-state index in [0.29, 0.717) is 6.42 Å². The van der Waals surface area contributed by atoms with E-state index in [2.05, 4.69) is 0 Å². The third-order valence-electron chi connectivity index (χ3n) is 3.46. The number of rotatable bonds is 5. The Kier molecular flexibility index (Phi) is 5.51. The van der Waals surface area contributed by atoms with Crippen LogP contribution in [0, 0.1) is 0 Å². The fourth-order valence-corrected chi connectivity index (χ4v) is 2.16. The first kappa shape index (κ1) is 16.2. The molecule has 0 spiro atoms. The molecule has 0 unspecified atom stereocenters. The SMILES string of the molecule is OC[C@H]1O[C@H](OCCc2ccc(O)cc2)[C@H](O)[C@@H](O)[C@@H]1O. The van der Waals surface area contributed by atoms with Crippen LogP contribution in [0.25, 0.3) is 0 Å². The average molecular weight is 300 g/mol. The second kappa shape index (κ2) is 7.17. The maximum Gasteiger partial charge on any atom is 0.186 e. The number of phenols is 1. The predicted octanol–water partition coefficient (Wildman–Crippen LogP) is -1.25. The van der Waals surface area contributed by atoms with Gasteiger partial charge in [-0.25, -0.2) is 0 Å². The van der Waals surface area contributed by atoms with Gasteiger partial charge in [0.05, 0.1) is 13.2 Å². The molecule has 21 heavy (non-hydrogen) atoms. The third kappa shape index (κ3) is 3.91. The van der Waals surface area contributed by atoms with Gasteiger partial charge in [0.25, 0.3) is 0 Å². The highest BCUT2D eigenvalue weighted by Gasteiger charge is 2.43. The van der Waals surface area contributed by atoms with Crippen molar-refractivity contribution < 1.29 is 35.0 Å². The normalized spacial score (nSPS) is 33.0. The summed E-state index contributed by atoms with van der Waals surface area (Å²) in [5.41, 5.74) is 0.928. The molecule has 0 aromatic heterocycles. The Morgan fingerprint density at radius 1 is 1.00 bits per heavy atom. The zero-order valence-corrected chi connectivity index (χ0v) is 11.4. The minimum Gasteiger partial charge on any atom is -0.508 e. The lowest BCUT2D eigenvalue weighted by Gasteiger charge is -2.39. The molecule has 5 atom stereocenters. The van der Waals surface area contributed by atoms with Crippen molar-refractivity contribution in [3.63, 3.8) is 0 Å². The van der Waals surface area contributed by atoms with Gasteiger partial charge in [0.2, 0.25) is 0 Å². The van der Waals surface area contributed by atoms with Gasteiger partial charge in [-0.1, -0.05) is 12.1 Å². The van der Waals surface area contributed by atoms with Crippen LogP contribution in [-0.4, -0.2) is 69.5 Å². The molecule has 0 aliphatic carbocycles. The largest absolute Gasteiger partial charge is 0.508 e. The summed E-state index contributed by atoms with van der Waals surface area (Å²) in [4.78, 5) is 0. The van der Waals surface area contributed by atoms with Crippen molar-refractivity contribution in [1.29, 1.82) is 0 Å². The highest BCUT2D eigenvalue weighted by atomic mass is 16.7. The molecule has 118 valence electrons. The fraction of sp³-hybridized carbons (Fsp3) is 0.571. The smallest absolute Gasteiger partial charge is 0.186 e. The molecule has 1 aliphatic rings. The third-order valence-corrected chi connectivity index (χ3v) is 3.46. The topological polar surface area (TPSA) is 120 Å². The van der Waals surface area contributed by atoms with E-state index in [-0.39, 0.29) is 12.4 Å². The maximum absolute atomic E-state index is 9.78. The van der Waals surface area contributed by atoms with Crippen LogP contribution in [0.5, 0.6) is 5.75 Å². The molecule has 0 saturated carbocycles. The minimum atomic E-state index is -1.44. The van der Waals surface area contributed by atoms with Crippen LogP contribution >= 0.6 is 0 Å². The number of phenolic OH excluding ortho intramolecular Hbond substituents is 1. The number of hydrogen-bond acceptors (Lipinski definition) is 7. The van der Waals surface area contributed by atoms with Gasteiger partial charge in [0.15, 0.2) is 6.29 Å². The molecule has 1 aliphatic heterocycles. The van der Waals surface area contributed by atoms with Gasteiger partial charge in [-0.3, -0.25) is 0 Å². The molecule has 5 N–H and O–H groups in total. The number of benzene rings is 1. The summed E-state index contributed by atoms with van der Waals surface area (Å²) in [5, 5.41) is 47.3. The van der Waals surface area contributed by atoms with Crippen molar-refractivity contribution in [2.45, 2.75) is 37.1 Å². The van der Waals surface area contributed by atoms with E-state index < -0.39 is 37.3 Å². The van der Waals surface area contributed by atoms with Crippen LogP contribution in [0.15, 0.2) is 24.3 Å². The van der Waals surface area contributed by atoms with Crippen LogP contribution < -0.4 is 0 Å². The summed E-state index contributed by atoms with van der Waals surface area (Å²) in [6.45, 7) is -0.268. The molecule has 1 aromatic rings. The highest BCUT2D eigenvalue weighted by molar-refractivity contribution is 5.25. The van der Waals surface area contributed by atoms with Gasteiger partial charge in [-0.2, -0.15) is 0 Å². The van der Waals surface area contributed by atoms with Gasteiger partial charge in [0.1, 0.15) is 30.2 Å². The van der Waals surface area contributed by atoms with Gasteiger partial charge in [-0.05, 0) is 24.1 Å². The molecule has 1 aromatic carbocycles. The summed E-state index contributed by atoms with van der Waals surface area (Å²) in [6, 6.07) is 6.60. The monoisotopic (exact) mass is 300 g/mol. The Labute approximate surface area is 122 Å². The second-order valence-electron chi connectivity index (χ2n) is 4.98. The van der Waals surface area contributed by atoms with Gasteiger partial charge < -0.3 is 35.0 Å². The molecule has 2 rings (SSSR count). The van der Waals surface area contributed by atoms with E-state index in [0.717, 1.165) is 5.56 Å². The predicted molar refractivity (Wildman–Crippen MR) is 71.5 cm³/mol. The lowest BCUT2D eigenvalue weighted by molar-refractivity contribution is -0.300. The van der Waals surface area contributed by atoms with E-state index in [1.807, 2.05) is 0 Å². The summed E-state index contributed by atoms with van der Waals surface area (Å²) >= 11 is 0. The molecule has 0 radical (unpaired) electrons. The molecule has 7 nitrogen and oxygen atoms in total. The van der Waals surface area contributed by atoms with E-state index in [9.17, 15) is 20.4 Å².